The van der Waals surface area contributed by atoms with Crippen molar-refractivity contribution in [1.29, 1.82) is 0 Å². The molecule has 124 valence electrons. The molecule has 0 aliphatic heterocycles. The molecule has 2 rings (SSSR count). The van der Waals surface area contributed by atoms with Crippen LogP contribution in [0.15, 0.2) is 48.5 Å². The summed E-state index contributed by atoms with van der Waals surface area (Å²) in [5.74, 6) is 3.46. The zero-order chi connectivity index (χ0) is 16.3. The lowest BCUT2D eigenvalue weighted by Gasteiger charge is -2.06. The second-order valence-corrected chi connectivity index (χ2v) is 6.34. The van der Waals surface area contributed by atoms with E-state index >= 15 is 0 Å². The Morgan fingerprint density at radius 1 is 0.652 bits per heavy atom. The summed E-state index contributed by atoms with van der Waals surface area (Å²) < 4.78 is 16.4. The van der Waals surface area contributed by atoms with Crippen LogP contribution in [-0.4, -0.2) is 13.2 Å². The predicted molar refractivity (Wildman–Crippen MR) is 98.9 cm³/mol. The molecule has 0 aliphatic carbocycles. The van der Waals surface area contributed by atoms with Gasteiger partial charge in [-0.05, 0) is 49.2 Å². The van der Waals surface area contributed by atoms with Crippen LogP contribution in [0.1, 0.15) is 25.0 Å². The van der Waals surface area contributed by atoms with Crippen molar-refractivity contribution in [2.45, 2.75) is 25.4 Å². The van der Waals surface area contributed by atoms with E-state index in [9.17, 15) is 0 Å². The molecule has 0 atom stereocenters. The molecular formula is C18H22O3S2. The minimum absolute atomic E-state index is 0.694. The molecular weight excluding hydrogens is 328 g/mol. The fourth-order valence-corrected chi connectivity index (χ4v) is 3.23. The first-order valence-electron chi connectivity index (χ1n) is 7.66. The first-order chi connectivity index (χ1) is 11.3. The molecule has 0 amide bonds. The average molecular weight is 351 g/mol. The number of rotatable bonds is 10. The Morgan fingerprint density at radius 2 is 1.04 bits per heavy atom. The van der Waals surface area contributed by atoms with E-state index in [1.807, 2.05) is 38.1 Å². The summed E-state index contributed by atoms with van der Waals surface area (Å²) in [6, 6.07) is 16.2. The van der Waals surface area contributed by atoms with Gasteiger partial charge in [0.2, 0.25) is 0 Å². The minimum Gasteiger partial charge on any atom is -0.494 e. The van der Waals surface area contributed by atoms with Crippen molar-refractivity contribution in [3.05, 3.63) is 59.7 Å². The van der Waals surface area contributed by atoms with Crippen LogP contribution in [0, 0.1) is 0 Å². The zero-order valence-electron chi connectivity index (χ0n) is 13.5. The standard InChI is InChI=1S/C18H22O3S2/c1-3-19-17-9-5-15(6-10-17)13-22-21-23-14-16-7-11-18(12-8-16)20-4-2/h5-12H,3-4,13-14H2,1-2H3. The highest BCUT2D eigenvalue weighted by molar-refractivity contribution is 8.07. The molecule has 0 N–H and O–H groups in total. The first-order valence-corrected chi connectivity index (χ1v) is 9.48. The van der Waals surface area contributed by atoms with Crippen LogP contribution in [0.2, 0.25) is 0 Å². The summed E-state index contributed by atoms with van der Waals surface area (Å²) in [6.07, 6.45) is 0. The summed E-state index contributed by atoms with van der Waals surface area (Å²) in [4.78, 5) is 0. The lowest BCUT2D eigenvalue weighted by molar-refractivity contribution is 0.340. The van der Waals surface area contributed by atoms with Crippen molar-refractivity contribution < 1.29 is 13.1 Å². The molecule has 0 heterocycles. The molecule has 2 aromatic carbocycles. The number of ether oxygens (including phenoxy) is 2. The third-order valence-corrected chi connectivity index (χ3v) is 4.69. The first kappa shape index (κ1) is 18.0. The fraction of sp³-hybridized carbons (Fsp3) is 0.333. The summed E-state index contributed by atoms with van der Waals surface area (Å²) in [7, 11) is 0. The number of benzene rings is 2. The Morgan fingerprint density at radius 3 is 1.39 bits per heavy atom. The van der Waals surface area contributed by atoms with E-state index in [0.717, 1.165) is 23.0 Å². The summed E-state index contributed by atoms with van der Waals surface area (Å²) in [6.45, 7) is 5.36. The van der Waals surface area contributed by atoms with Crippen molar-refractivity contribution in [3.8, 4) is 11.5 Å². The van der Waals surface area contributed by atoms with Crippen LogP contribution in [0.25, 0.3) is 0 Å². The lowest BCUT2D eigenvalue weighted by atomic mass is 10.2. The second-order valence-electron chi connectivity index (χ2n) is 4.75. The van der Waals surface area contributed by atoms with Crippen LogP contribution in [0.5, 0.6) is 11.5 Å². The maximum Gasteiger partial charge on any atom is 0.119 e. The summed E-state index contributed by atoms with van der Waals surface area (Å²) in [5, 5.41) is 0. The molecule has 0 bridgehead atoms. The fourth-order valence-electron chi connectivity index (χ4n) is 1.92. The van der Waals surface area contributed by atoms with Crippen molar-refractivity contribution in [3.63, 3.8) is 0 Å². The normalized spacial score (nSPS) is 10.5. The van der Waals surface area contributed by atoms with E-state index in [0.29, 0.717) is 13.2 Å². The van der Waals surface area contributed by atoms with Gasteiger partial charge in [0.1, 0.15) is 11.5 Å². The van der Waals surface area contributed by atoms with Crippen LogP contribution in [0.3, 0.4) is 0 Å². The molecule has 3 nitrogen and oxygen atoms in total. The van der Waals surface area contributed by atoms with Crippen LogP contribution in [0.4, 0.5) is 0 Å². The van der Waals surface area contributed by atoms with Gasteiger partial charge in [-0.1, -0.05) is 24.3 Å². The van der Waals surface area contributed by atoms with Crippen molar-refractivity contribution in [2.24, 2.45) is 0 Å². The largest absolute Gasteiger partial charge is 0.494 e. The summed E-state index contributed by atoms with van der Waals surface area (Å²) in [5.41, 5.74) is 2.44. The molecule has 0 fully saturated rings. The van der Waals surface area contributed by atoms with E-state index in [2.05, 4.69) is 24.3 Å². The van der Waals surface area contributed by atoms with Gasteiger partial charge in [0.25, 0.3) is 0 Å². The Bertz CT molecular complexity index is 504. The molecule has 0 aromatic heterocycles. The highest BCUT2D eigenvalue weighted by atomic mass is 32.2. The topological polar surface area (TPSA) is 27.7 Å². The van der Waals surface area contributed by atoms with Crippen molar-refractivity contribution in [1.82, 2.24) is 0 Å². The van der Waals surface area contributed by atoms with Crippen LogP contribution >= 0.6 is 24.1 Å². The quantitative estimate of drug-likeness (QED) is 0.417. The van der Waals surface area contributed by atoms with Gasteiger partial charge in [0.05, 0.1) is 13.2 Å². The van der Waals surface area contributed by atoms with Gasteiger partial charge in [-0.25, -0.2) is 3.63 Å². The Hall–Kier alpha value is -1.30. The van der Waals surface area contributed by atoms with Gasteiger partial charge >= 0.3 is 0 Å². The summed E-state index contributed by atoms with van der Waals surface area (Å²) >= 11 is 2.91. The van der Waals surface area contributed by atoms with Crippen molar-refractivity contribution >= 4 is 24.1 Å². The van der Waals surface area contributed by atoms with Crippen molar-refractivity contribution in [2.75, 3.05) is 13.2 Å². The molecule has 23 heavy (non-hydrogen) atoms. The molecule has 0 unspecified atom stereocenters. The number of hydrogen-bond acceptors (Lipinski definition) is 5. The predicted octanol–water partition coefficient (Wildman–Crippen LogP) is 5.50. The van der Waals surface area contributed by atoms with Gasteiger partial charge in [-0.2, -0.15) is 0 Å². The average Bonchev–Trinajstić information content (AvgIpc) is 2.58. The Labute approximate surface area is 147 Å². The van der Waals surface area contributed by atoms with Gasteiger partial charge in [0, 0.05) is 35.6 Å². The molecule has 0 spiro atoms. The van der Waals surface area contributed by atoms with Gasteiger partial charge in [-0.15, -0.1) is 0 Å². The highest BCUT2D eigenvalue weighted by Gasteiger charge is 1.99. The molecule has 0 saturated heterocycles. The maximum atomic E-state index is 5.57. The van der Waals surface area contributed by atoms with Crippen LogP contribution < -0.4 is 9.47 Å². The van der Waals surface area contributed by atoms with Gasteiger partial charge < -0.3 is 9.47 Å². The molecule has 0 saturated carbocycles. The minimum atomic E-state index is 0.694. The Kier molecular flexibility index (Phi) is 8.21. The maximum absolute atomic E-state index is 5.57. The third kappa shape index (κ3) is 6.77. The molecule has 2 aromatic rings. The molecule has 5 heteroatoms. The second kappa shape index (κ2) is 10.5. The smallest absolute Gasteiger partial charge is 0.119 e. The van der Waals surface area contributed by atoms with Crippen LogP contribution in [-0.2, 0) is 15.1 Å². The lowest BCUT2D eigenvalue weighted by Crippen LogP contribution is -1.91. The van der Waals surface area contributed by atoms with Gasteiger partial charge in [0.15, 0.2) is 0 Å². The highest BCUT2D eigenvalue weighted by Crippen LogP contribution is 2.24. The monoisotopic (exact) mass is 350 g/mol. The van der Waals surface area contributed by atoms with E-state index in [1.54, 1.807) is 0 Å². The van der Waals surface area contributed by atoms with E-state index in [4.69, 9.17) is 13.1 Å². The SMILES string of the molecule is CCOc1ccc(CSOSCc2ccc(OCC)cc2)cc1. The third-order valence-electron chi connectivity index (χ3n) is 3.02. The zero-order valence-corrected chi connectivity index (χ0v) is 15.1. The van der Waals surface area contributed by atoms with E-state index in [1.165, 1.54) is 35.2 Å². The number of hydrogen-bond donors (Lipinski definition) is 0. The van der Waals surface area contributed by atoms with E-state index in [-0.39, 0.29) is 0 Å². The van der Waals surface area contributed by atoms with Gasteiger partial charge in [-0.3, -0.25) is 0 Å². The Balaban J connectivity index is 1.63. The molecule has 0 radical (unpaired) electrons. The molecule has 0 aliphatic rings. The van der Waals surface area contributed by atoms with E-state index < -0.39 is 0 Å².